The molecule has 2 aliphatic heterocycles. The molecule has 3 nitrogen and oxygen atoms in total. The largest absolute Gasteiger partial charge is 0.459 e. The maximum absolute atomic E-state index is 13.2. The number of piperidine rings is 1. The van der Waals surface area contributed by atoms with Crippen LogP contribution in [0.2, 0.25) is 0 Å². The predicted octanol–water partition coefficient (Wildman–Crippen LogP) is 4.30. The minimum Gasteiger partial charge on any atom is -0.459 e. The second-order valence-electron chi connectivity index (χ2n) is 8.14. The second-order valence-corrected chi connectivity index (χ2v) is 8.14. The smallest absolute Gasteiger partial charge is 0.339 e. The van der Waals surface area contributed by atoms with Crippen molar-refractivity contribution in [3.05, 3.63) is 70.8 Å². The predicted molar refractivity (Wildman–Crippen MR) is 107 cm³/mol. The van der Waals surface area contributed by atoms with Crippen LogP contribution in [0.1, 0.15) is 47.9 Å². The molecule has 2 aromatic carbocycles. The van der Waals surface area contributed by atoms with Crippen molar-refractivity contribution in [1.29, 1.82) is 0 Å². The van der Waals surface area contributed by atoms with Crippen LogP contribution in [0.4, 0.5) is 0 Å². The van der Waals surface area contributed by atoms with Gasteiger partial charge in [-0.2, -0.15) is 0 Å². The molecule has 0 N–H and O–H groups in total. The molecule has 3 aliphatic rings. The fraction of sp³-hybridized carbons (Fsp3) is 0.375. The molecule has 0 spiro atoms. The normalized spacial score (nSPS) is 26.6. The quantitative estimate of drug-likeness (QED) is 0.749. The fourth-order valence-corrected chi connectivity index (χ4v) is 5.05. The summed E-state index contributed by atoms with van der Waals surface area (Å²) in [5.74, 6) is -0.173. The van der Waals surface area contributed by atoms with Crippen LogP contribution in [0.5, 0.6) is 0 Å². The van der Waals surface area contributed by atoms with Crippen molar-refractivity contribution in [3.8, 4) is 0 Å². The van der Waals surface area contributed by atoms with Crippen LogP contribution in [0.25, 0.3) is 11.6 Å². The number of carbonyl (C=O) groups excluding carboxylic acids is 1. The molecule has 0 aromatic heterocycles. The number of nitrogens with zero attached hydrogens (tertiary/aromatic N) is 1. The van der Waals surface area contributed by atoms with E-state index in [-0.39, 0.29) is 12.1 Å². The highest BCUT2D eigenvalue weighted by atomic mass is 16.5. The summed E-state index contributed by atoms with van der Waals surface area (Å²) in [7, 11) is 2.21. The van der Waals surface area contributed by atoms with E-state index in [1.165, 1.54) is 24.0 Å². The zero-order valence-electron chi connectivity index (χ0n) is 15.7. The minimum absolute atomic E-state index is 0.0396. The molecule has 2 atom stereocenters. The van der Waals surface area contributed by atoms with Gasteiger partial charge >= 0.3 is 5.97 Å². The summed E-state index contributed by atoms with van der Waals surface area (Å²) in [4.78, 5) is 15.7. The number of esters is 1. The number of hydrogen-bond acceptors (Lipinski definition) is 3. The van der Waals surface area contributed by atoms with Crippen molar-refractivity contribution >= 4 is 17.6 Å². The molecule has 2 heterocycles. The third-order valence-electron chi connectivity index (χ3n) is 6.59. The highest BCUT2D eigenvalue weighted by Crippen LogP contribution is 2.37. The molecular weight excluding hydrogens is 334 g/mol. The highest BCUT2D eigenvalue weighted by molar-refractivity contribution is 6.22. The van der Waals surface area contributed by atoms with Crippen LogP contribution in [-0.2, 0) is 16.0 Å². The molecule has 2 bridgehead atoms. The average Bonchev–Trinajstić information content (AvgIpc) is 2.87. The molecule has 138 valence electrons. The lowest BCUT2D eigenvalue weighted by Crippen LogP contribution is -2.43. The zero-order chi connectivity index (χ0) is 18.4. The first kappa shape index (κ1) is 16.8. The first-order valence-electron chi connectivity index (χ1n) is 10.00. The maximum Gasteiger partial charge on any atom is 0.339 e. The first-order chi connectivity index (χ1) is 13.2. The van der Waals surface area contributed by atoms with Crippen LogP contribution in [0.15, 0.2) is 48.5 Å². The Kier molecular flexibility index (Phi) is 4.13. The molecule has 0 saturated carbocycles. The van der Waals surface area contributed by atoms with Crippen LogP contribution < -0.4 is 0 Å². The van der Waals surface area contributed by atoms with Crippen molar-refractivity contribution in [1.82, 2.24) is 4.90 Å². The molecule has 5 rings (SSSR count). The summed E-state index contributed by atoms with van der Waals surface area (Å²) in [5, 5.41) is 0. The van der Waals surface area contributed by atoms with Crippen LogP contribution >= 0.6 is 0 Å². The summed E-state index contributed by atoms with van der Waals surface area (Å²) in [6, 6.07) is 17.7. The Labute approximate surface area is 160 Å². The molecule has 27 heavy (non-hydrogen) atoms. The Morgan fingerprint density at radius 2 is 1.63 bits per heavy atom. The third-order valence-corrected chi connectivity index (χ3v) is 6.59. The van der Waals surface area contributed by atoms with Crippen LogP contribution in [0.3, 0.4) is 0 Å². The van der Waals surface area contributed by atoms with Crippen molar-refractivity contribution in [2.75, 3.05) is 7.05 Å². The van der Waals surface area contributed by atoms with Gasteiger partial charge in [-0.1, -0.05) is 48.5 Å². The molecule has 2 aromatic rings. The van der Waals surface area contributed by atoms with Gasteiger partial charge in [-0.3, -0.25) is 0 Å². The van der Waals surface area contributed by atoms with Gasteiger partial charge in [-0.15, -0.1) is 0 Å². The number of fused-ring (bicyclic) bond motifs is 4. The number of carbonyl (C=O) groups is 1. The summed E-state index contributed by atoms with van der Waals surface area (Å²) in [6.45, 7) is 0. The van der Waals surface area contributed by atoms with Crippen LogP contribution in [0, 0.1) is 0 Å². The van der Waals surface area contributed by atoms with Gasteiger partial charge in [0.25, 0.3) is 0 Å². The fourth-order valence-electron chi connectivity index (χ4n) is 5.05. The summed E-state index contributed by atoms with van der Waals surface area (Å²) in [6.07, 6.45) is 7.29. The van der Waals surface area contributed by atoms with Gasteiger partial charge < -0.3 is 9.64 Å². The number of hydrogen-bond donors (Lipinski definition) is 0. The zero-order valence-corrected chi connectivity index (χ0v) is 15.7. The van der Waals surface area contributed by atoms with E-state index in [2.05, 4.69) is 36.2 Å². The van der Waals surface area contributed by atoms with E-state index in [0.717, 1.165) is 30.4 Å². The molecule has 2 fully saturated rings. The van der Waals surface area contributed by atoms with E-state index in [9.17, 15) is 4.79 Å². The SMILES string of the molecule is CN1C2CCC1CC(OC(=O)C1=Cc3ccccc3Cc3ccccc31)C2. The summed E-state index contributed by atoms with van der Waals surface area (Å²) in [5.41, 5.74) is 5.26. The van der Waals surface area contributed by atoms with Gasteiger partial charge in [0.05, 0.1) is 5.57 Å². The molecule has 3 heteroatoms. The lowest BCUT2D eigenvalue weighted by molar-refractivity contribution is -0.144. The molecule has 2 saturated heterocycles. The average molecular weight is 359 g/mol. The van der Waals surface area contributed by atoms with E-state index < -0.39 is 0 Å². The molecule has 2 unspecified atom stereocenters. The molecule has 0 amide bonds. The van der Waals surface area contributed by atoms with Gasteiger partial charge in [-0.05, 0) is 54.6 Å². The Hall–Kier alpha value is -2.39. The van der Waals surface area contributed by atoms with E-state index in [1.807, 2.05) is 30.3 Å². The molecule has 0 radical (unpaired) electrons. The van der Waals surface area contributed by atoms with Gasteiger partial charge in [0.2, 0.25) is 0 Å². The second kappa shape index (κ2) is 6.65. The summed E-state index contributed by atoms with van der Waals surface area (Å²) < 4.78 is 6.05. The Balaban J connectivity index is 1.46. The molecule has 1 aliphatic carbocycles. The minimum atomic E-state index is -0.173. The Morgan fingerprint density at radius 1 is 0.963 bits per heavy atom. The topological polar surface area (TPSA) is 29.5 Å². The highest BCUT2D eigenvalue weighted by Gasteiger charge is 2.40. The van der Waals surface area contributed by atoms with E-state index in [0.29, 0.717) is 17.7 Å². The van der Waals surface area contributed by atoms with E-state index in [4.69, 9.17) is 4.74 Å². The van der Waals surface area contributed by atoms with E-state index >= 15 is 0 Å². The lowest BCUT2D eigenvalue weighted by Gasteiger charge is -2.35. The third kappa shape index (κ3) is 3.00. The number of rotatable bonds is 2. The monoisotopic (exact) mass is 359 g/mol. The maximum atomic E-state index is 13.2. The first-order valence-corrected chi connectivity index (χ1v) is 10.00. The number of ether oxygens (including phenoxy) is 1. The van der Waals surface area contributed by atoms with Crippen molar-refractivity contribution in [3.63, 3.8) is 0 Å². The lowest BCUT2D eigenvalue weighted by atomic mass is 9.97. The Bertz CT molecular complexity index is 902. The van der Waals surface area contributed by atoms with Crippen molar-refractivity contribution < 1.29 is 9.53 Å². The molecular formula is C24H25NO2. The van der Waals surface area contributed by atoms with Gasteiger partial charge in [0.15, 0.2) is 0 Å². The van der Waals surface area contributed by atoms with E-state index in [1.54, 1.807) is 0 Å². The standard InChI is InChI=1S/C24H25NO2/c1-25-19-10-11-20(25)15-21(14-19)27-24(26)23-13-17-7-3-2-6-16(17)12-18-8-4-5-9-22(18)23/h2-9,13,19-21H,10-12,14-15H2,1H3. The summed E-state index contributed by atoms with van der Waals surface area (Å²) >= 11 is 0. The van der Waals surface area contributed by atoms with Crippen LogP contribution in [-0.4, -0.2) is 36.1 Å². The van der Waals surface area contributed by atoms with Gasteiger partial charge in [0, 0.05) is 24.9 Å². The van der Waals surface area contributed by atoms with Crippen molar-refractivity contribution in [2.45, 2.75) is 50.3 Å². The number of benzene rings is 2. The van der Waals surface area contributed by atoms with Gasteiger partial charge in [-0.25, -0.2) is 4.79 Å². The van der Waals surface area contributed by atoms with Crippen molar-refractivity contribution in [2.24, 2.45) is 0 Å². The Morgan fingerprint density at radius 3 is 2.41 bits per heavy atom. The van der Waals surface area contributed by atoms with Gasteiger partial charge in [0.1, 0.15) is 6.10 Å².